The van der Waals surface area contributed by atoms with E-state index in [1.54, 1.807) is 17.5 Å². The molecule has 0 fully saturated rings. The largest absolute Gasteiger partial charge is 0.298 e. The first kappa shape index (κ1) is 9.36. The minimum Gasteiger partial charge on any atom is -0.298 e. The highest BCUT2D eigenvalue weighted by atomic mass is 32.1. The van der Waals surface area contributed by atoms with E-state index in [1.165, 1.54) is 15.4 Å². The highest BCUT2D eigenvalue weighted by Crippen LogP contribution is 2.29. The number of thiophene rings is 1. The summed E-state index contributed by atoms with van der Waals surface area (Å²) in [5.74, 6) is 0. The van der Waals surface area contributed by atoms with Crippen molar-refractivity contribution in [3.05, 3.63) is 61.2 Å². The van der Waals surface area contributed by atoms with E-state index in [2.05, 4.69) is 41.4 Å². The molecule has 3 rings (SSSR count). The molecule has 0 saturated carbocycles. The fourth-order valence-corrected chi connectivity index (χ4v) is 2.58. The van der Waals surface area contributed by atoms with E-state index in [-0.39, 0.29) is 0 Å². The summed E-state index contributed by atoms with van der Waals surface area (Å²) < 4.78 is 2.02. The number of aromatic nitrogens is 2. The van der Waals surface area contributed by atoms with E-state index in [9.17, 15) is 0 Å². The van der Waals surface area contributed by atoms with Gasteiger partial charge in [-0.3, -0.25) is 4.57 Å². The van der Waals surface area contributed by atoms with Crippen LogP contribution in [0.4, 0.5) is 0 Å². The summed E-state index contributed by atoms with van der Waals surface area (Å²) in [5, 5.41) is 1.19. The van der Waals surface area contributed by atoms with Crippen LogP contribution in [0.1, 0.15) is 0 Å². The number of benzene rings is 1. The predicted octanol–water partition coefficient (Wildman–Crippen LogP) is 3.60. The van der Waals surface area contributed by atoms with E-state index < -0.39 is 0 Å². The van der Waals surface area contributed by atoms with Crippen LogP contribution in [0.3, 0.4) is 0 Å². The van der Waals surface area contributed by atoms with Gasteiger partial charge in [0.25, 0.3) is 0 Å². The average molecular weight is 226 g/mol. The maximum atomic E-state index is 4.05. The molecule has 3 aromatic rings. The lowest BCUT2D eigenvalue weighted by atomic mass is 10.2. The van der Waals surface area contributed by atoms with Crippen LogP contribution in [-0.2, 0) is 0 Å². The summed E-state index contributed by atoms with van der Waals surface area (Å²) in [5.41, 5.74) is 1.26. The summed E-state index contributed by atoms with van der Waals surface area (Å²) in [6.45, 7) is 0. The van der Waals surface area contributed by atoms with Gasteiger partial charge in [0.15, 0.2) is 0 Å². The lowest BCUT2D eigenvalue weighted by Crippen LogP contribution is -1.82. The molecule has 1 aromatic carbocycles. The van der Waals surface area contributed by atoms with Crippen molar-refractivity contribution in [3.8, 4) is 15.4 Å². The predicted molar refractivity (Wildman–Crippen MR) is 66.9 cm³/mol. The highest BCUT2D eigenvalue weighted by molar-refractivity contribution is 7.17. The van der Waals surface area contributed by atoms with Crippen LogP contribution in [0.15, 0.2) is 61.2 Å². The third-order valence-electron chi connectivity index (χ3n) is 2.41. The maximum absolute atomic E-state index is 4.05. The Morgan fingerprint density at radius 2 is 1.88 bits per heavy atom. The van der Waals surface area contributed by atoms with Crippen LogP contribution in [0.2, 0.25) is 0 Å². The molecule has 16 heavy (non-hydrogen) atoms. The zero-order chi connectivity index (χ0) is 10.8. The quantitative estimate of drug-likeness (QED) is 0.652. The average Bonchev–Trinajstić information content (AvgIpc) is 3.01. The fraction of sp³-hybridized carbons (Fsp3) is 0. The minimum atomic E-state index is 1.19. The van der Waals surface area contributed by atoms with Gasteiger partial charge in [-0.1, -0.05) is 30.3 Å². The van der Waals surface area contributed by atoms with Crippen LogP contribution in [0, 0.1) is 0 Å². The third kappa shape index (κ3) is 1.66. The smallest absolute Gasteiger partial charge is 0.101 e. The van der Waals surface area contributed by atoms with E-state index in [0.717, 1.165) is 0 Å². The molecule has 0 unspecified atom stereocenters. The molecule has 3 heteroatoms. The van der Waals surface area contributed by atoms with Gasteiger partial charge in [-0.2, -0.15) is 0 Å². The molecule has 2 heterocycles. The highest BCUT2D eigenvalue weighted by Gasteiger charge is 2.03. The monoisotopic (exact) mass is 226 g/mol. The molecular weight excluding hydrogens is 216 g/mol. The summed E-state index contributed by atoms with van der Waals surface area (Å²) in [6, 6.07) is 14.7. The molecule has 0 spiro atoms. The number of hydrogen-bond donors (Lipinski definition) is 0. The van der Waals surface area contributed by atoms with Gasteiger partial charge in [0.2, 0.25) is 0 Å². The van der Waals surface area contributed by atoms with Gasteiger partial charge in [0.05, 0.1) is 6.33 Å². The van der Waals surface area contributed by atoms with Crippen molar-refractivity contribution < 1.29 is 0 Å². The lowest BCUT2D eigenvalue weighted by molar-refractivity contribution is 1.09. The Balaban J connectivity index is 2.00. The molecule has 0 aliphatic heterocycles. The van der Waals surface area contributed by atoms with Crippen LogP contribution in [0.5, 0.6) is 0 Å². The Morgan fingerprint density at radius 3 is 2.62 bits per heavy atom. The summed E-state index contributed by atoms with van der Waals surface area (Å²) in [6.07, 6.45) is 5.57. The molecular formula is C13H10N2S. The Morgan fingerprint density at radius 1 is 1.00 bits per heavy atom. The topological polar surface area (TPSA) is 17.8 Å². The second-order valence-corrected chi connectivity index (χ2v) is 4.54. The number of imidazole rings is 1. The van der Waals surface area contributed by atoms with Crippen molar-refractivity contribution in [2.45, 2.75) is 0 Å². The first-order valence-electron chi connectivity index (χ1n) is 5.07. The Bertz CT molecular complexity index is 567. The Hall–Kier alpha value is -1.87. The third-order valence-corrected chi connectivity index (χ3v) is 3.56. The molecule has 0 aliphatic rings. The molecule has 0 aliphatic carbocycles. The van der Waals surface area contributed by atoms with Gasteiger partial charge in [-0.15, -0.1) is 11.3 Å². The van der Waals surface area contributed by atoms with E-state index in [0.29, 0.717) is 0 Å². The second kappa shape index (κ2) is 3.94. The normalized spacial score (nSPS) is 10.5. The number of rotatable bonds is 2. The lowest BCUT2D eigenvalue weighted by Gasteiger charge is -1.96. The SMILES string of the molecule is c1ccc(-c2ccc(-n3ccnc3)s2)cc1. The molecule has 2 nitrogen and oxygen atoms in total. The van der Waals surface area contributed by atoms with Gasteiger partial charge < -0.3 is 0 Å². The fourth-order valence-electron chi connectivity index (χ4n) is 1.61. The first-order valence-corrected chi connectivity index (χ1v) is 5.89. The van der Waals surface area contributed by atoms with Gasteiger partial charge in [0, 0.05) is 17.3 Å². The van der Waals surface area contributed by atoms with Crippen molar-refractivity contribution in [2.75, 3.05) is 0 Å². The van der Waals surface area contributed by atoms with Gasteiger partial charge in [0.1, 0.15) is 5.00 Å². The van der Waals surface area contributed by atoms with Crippen molar-refractivity contribution >= 4 is 11.3 Å². The van der Waals surface area contributed by atoms with Crippen LogP contribution in [-0.4, -0.2) is 9.55 Å². The zero-order valence-corrected chi connectivity index (χ0v) is 9.39. The molecule has 0 bridgehead atoms. The van der Waals surface area contributed by atoms with Crippen LogP contribution < -0.4 is 0 Å². The maximum Gasteiger partial charge on any atom is 0.101 e. The Labute approximate surface area is 97.8 Å². The first-order chi connectivity index (χ1) is 7.93. The standard InChI is InChI=1S/C13H10N2S/c1-2-4-11(5-3-1)12-6-7-13(16-12)15-9-8-14-10-15/h1-10H. The molecule has 78 valence electrons. The molecule has 0 saturated heterocycles. The summed E-state index contributed by atoms with van der Waals surface area (Å²) >= 11 is 1.77. The van der Waals surface area contributed by atoms with Crippen LogP contribution in [0.25, 0.3) is 15.4 Å². The van der Waals surface area contributed by atoms with E-state index in [4.69, 9.17) is 0 Å². The van der Waals surface area contributed by atoms with Crippen LogP contribution >= 0.6 is 11.3 Å². The number of hydrogen-bond acceptors (Lipinski definition) is 2. The number of nitrogens with zero attached hydrogens (tertiary/aromatic N) is 2. The van der Waals surface area contributed by atoms with Crippen molar-refractivity contribution in [2.24, 2.45) is 0 Å². The molecule has 0 N–H and O–H groups in total. The molecule has 0 radical (unpaired) electrons. The Kier molecular flexibility index (Phi) is 2.31. The molecule has 0 atom stereocenters. The molecule has 0 amide bonds. The zero-order valence-electron chi connectivity index (χ0n) is 8.58. The van der Waals surface area contributed by atoms with E-state index in [1.807, 2.05) is 23.2 Å². The van der Waals surface area contributed by atoms with Crippen molar-refractivity contribution in [3.63, 3.8) is 0 Å². The second-order valence-electron chi connectivity index (χ2n) is 3.47. The summed E-state index contributed by atoms with van der Waals surface area (Å²) in [7, 11) is 0. The summed E-state index contributed by atoms with van der Waals surface area (Å²) in [4.78, 5) is 5.33. The van der Waals surface area contributed by atoms with Gasteiger partial charge in [-0.05, 0) is 17.7 Å². The van der Waals surface area contributed by atoms with E-state index >= 15 is 0 Å². The van der Waals surface area contributed by atoms with Gasteiger partial charge in [-0.25, -0.2) is 4.98 Å². The minimum absolute atomic E-state index is 1.19. The van der Waals surface area contributed by atoms with Crippen molar-refractivity contribution in [1.82, 2.24) is 9.55 Å². The van der Waals surface area contributed by atoms with Crippen molar-refractivity contribution in [1.29, 1.82) is 0 Å². The van der Waals surface area contributed by atoms with Gasteiger partial charge >= 0.3 is 0 Å². The molecule has 2 aromatic heterocycles.